The van der Waals surface area contributed by atoms with E-state index in [1.165, 1.54) is 0 Å². The van der Waals surface area contributed by atoms with Crippen LogP contribution in [0.4, 0.5) is 5.82 Å². The Morgan fingerprint density at radius 3 is 2.63 bits per heavy atom. The van der Waals surface area contributed by atoms with Gasteiger partial charge in [0.2, 0.25) is 11.8 Å². The average molecular weight is 476 g/mol. The zero-order valence-electron chi connectivity index (χ0n) is 19.9. The molecule has 1 aliphatic carbocycles. The van der Waals surface area contributed by atoms with E-state index in [0.29, 0.717) is 19.0 Å². The molecule has 0 spiro atoms. The summed E-state index contributed by atoms with van der Waals surface area (Å²) in [5, 5.41) is 7.40. The van der Waals surface area contributed by atoms with Gasteiger partial charge in [-0.15, -0.1) is 0 Å². The van der Waals surface area contributed by atoms with Crippen LogP contribution >= 0.6 is 0 Å². The number of pyridine rings is 2. The van der Waals surface area contributed by atoms with Crippen molar-refractivity contribution in [1.82, 2.24) is 19.5 Å². The van der Waals surface area contributed by atoms with Crippen molar-refractivity contribution in [3.05, 3.63) is 42.4 Å². The van der Waals surface area contributed by atoms with Crippen LogP contribution in [0.25, 0.3) is 16.6 Å². The number of ether oxygens (including phenoxy) is 2. The minimum Gasteiger partial charge on any atom is -0.488 e. The van der Waals surface area contributed by atoms with Gasteiger partial charge in [0.05, 0.1) is 37.0 Å². The molecule has 0 aromatic carbocycles. The molecular formula is C26H29N5O4. The van der Waals surface area contributed by atoms with E-state index in [9.17, 15) is 9.59 Å². The van der Waals surface area contributed by atoms with E-state index < -0.39 is 0 Å². The zero-order chi connectivity index (χ0) is 24.1. The number of anilines is 1. The number of amides is 2. The van der Waals surface area contributed by atoms with Crippen molar-refractivity contribution in [1.29, 1.82) is 0 Å². The number of aromatic nitrogens is 3. The number of carbonyl (C=O) groups excluding carboxylic acids is 2. The summed E-state index contributed by atoms with van der Waals surface area (Å²) in [6.07, 6.45) is 7.03. The van der Waals surface area contributed by atoms with Gasteiger partial charge in [0.25, 0.3) is 0 Å². The summed E-state index contributed by atoms with van der Waals surface area (Å²) in [6, 6.07) is 8.04. The summed E-state index contributed by atoms with van der Waals surface area (Å²) in [7, 11) is 0. The Balaban J connectivity index is 1.26. The standard InChI is InChI=1S/C26H29N5O4/c1-15-7-23(18-5-6-30-19(8-18)11-25(29-30)28-26(33)17-3-4-17)24(12-27-15)35-22-9-20-13-34-14-21(10-22)31(20)16(2)32/h5-8,11-12,17,20-22H,3-4,9-10,13-14H2,1-2H3,(H,28,29,33)/t20-,21+,22-. The largest absolute Gasteiger partial charge is 0.488 e. The smallest absolute Gasteiger partial charge is 0.228 e. The van der Waals surface area contributed by atoms with Crippen molar-refractivity contribution in [2.45, 2.75) is 57.7 Å². The van der Waals surface area contributed by atoms with Crippen LogP contribution in [-0.2, 0) is 14.3 Å². The molecule has 35 heavy (non-hydrogen) atoms. The van der Waals surface area contributed by atoms with Crippen molar-refractivity contribution in [2.24, 2.45) is 5.92 Å². The first-order valence-corrected chi connectivity index (χ1v) is 12.3. The van der Waals surface area contributed by atoms with Gasteiger partial charge in [-0.1, -0.05) is 0 Å². The number of nitrogens with one attached hydrogen (secondary N) is 1. The lowest BCUT2D eigenvalue weighted by Crippen LogP contribution is -2.60. The van der Waals surface area contributed by atoms with Gasteiger partial charge in [0.15, 0.2) is 5.82 Å². The quantitative estimate of drug-likeness (QED) is 0.609. The molecule has 9 heteroatoms. The highest BCUT2D eigenvalue weighted by molar-refractivity contribution is 5.93. The highest BCUT2D eigenvalue weighted by Gasteiger charge is 2.41. The topological polar surface area (TPSA) is 98.1 Å². The molecule has 3 aromatic rings. The van der Waals surface area contributed by atoms with Crippen LogP contribution in [0.15, 0.2) is 36.7 Å². The van der Waals surface area contributed by atoms with E-state index >= 15 is 0 Å². The molecule has 2 saturated heterocycles. The van der Waals surface area contributed by atoms with Crippen LogP contribution in [0, 0.1) is 12.8 Å². The molecule has 3 aliphatic rings. The SMILES string of the molecule is CC(=O)N1[C@@H]2COC[C@H]1C[C@@H](Oc1cnc(C)cc1-c1ccn3nc(NC(=O)C4CC4)cc3c1)C2. The summed E-state index contributed by atoms with van der Waals surface area (Å²) in [5.41, 5.74) is 3.73. The van der Waals surface area contributed by atoms with E-state index in [2.05, 4.69) is 15.4 Å². The minimum atomic E-state index is -0.0179. The zero-order valence-corrected chi connectivity index (χ0v) is 19.9. The third-order valence-corrected chi connectivity index (χ3v) is 7.11. The summed E-state index contributed by atoms with van der Waals surface area (Å²) < 4.78 is 14.0. The van der Waals surface area contributed by atoms with Crippen LogP contribution in [0.2, 0.25) is 0 Å². The second kappa shape index (κ2) is 8.64. The van der Waals surface area contributed by atoms with Crippen molar-refractivity contribution in [3.8, 4) is 16.9 Å². The van der Waals surface area contributed by atoms with Crippen LogP contribution in [0.1, 0.15) is 38.3 Å². The van der Waals surface area contributed by atoms with Gasteiger partial charge in [-0.3, -0.25) is 14.6 Å². The maximum Gasteiger partial charge on any atom is 0.228 e. The van der Waals surface area contributed by atoms with Crippen molar-refractivity contribution >= 4 is 23.1 Å². The second-order valence-corrected chi connectivity index (χ2v) is 9.88. The number of morpholine rings is 1. The summed E-state index contributed by atoms with van der Waals surface area (Å²) in [4.78, 5) is 30.7. The Kier molecular flexibility index (Phi) is 5.44. The van der Waals surface area contributed by atoms with Crippen LogP contribution in [-0.4, -0.2) is 62.7 Å². The van der Waals surface area contributed by atoms with Gasteiger partial charge in [-0.2, -0.15) is 5.10 Å². The maximum absolute atomic E-state index is 12.1. The third kappa shape index (κ3) is 4.36. The molecule has 3 aromatic heterocycles. The number of piperidine rings is 1. The third-order valence-electron chi connectivity index (χ3n) is 7.11. The van der Waals surface area contributed by atoms with E-state index in [0.717, 1.165) is 53.8 Å². The fraction of sp³-hybridized carbons (Fsp3) is 0.462. The van der Waals surface area contributed by atoms with Gasteiger partial charge >= 0.3 is 0 Å². The van der Waals surface area contributed by atoms with Crippen LogP contribution in [0.5, 0.6) is 5.75 Å². The predicted molar refractivity (Wildman–Crippen MR) is 129 cm³/mol. The first-order chi connectivity index (χ1) is 16.9. The van der Waals surface area contributed by atoms with Crippen molar-refractivity contribution < 1.29 is 19.1 Å². The normalized spacial score (nSPS) is 23.8. The van der Waals surface area contributed by atoms with Crippen molar-refractivity contribution in [2.75, 3.05) is 18.5 Å². The molecule has 0 unspecified atom stereocenters. The number of rotatable bonds is 5. The lowest BCUT2D eigenvalue weighted by Gasteiger charge is -2.47. The Bertz CT molecular complexity index is 1290. The Morgan fingerprint density at radius 2 is 1.91 bits per heavy atom. The fourth-order valence-electron chi connectivity index (χ4n) is 5.32. The lowest BCUT2D eigenvalue weighted by atomic mass is 9.91. The maximum atomic E-state index is 12.1. The van der Waals surface area contributed by atoms with Gasteiger partial charge < -0.3 is 19.7 Å². The monoisotopic (exact) mass is 475 g/mol. The minimum absolute atomic E-state index is 0.0179. The lowest BCUT2D eigenvalue weighted by molar-refractivity contribution is -0.153. The highest BCUT2D eigenvalue weighted by Crippen LogP contribution is 2.36. The molecule has 2 bridgehead atoms. The molecule has 5 heterocycles. The average Bonchev–Trinajstić information content (AvgIpc) is 3.59. The number of fused-ring (bicyclic) bond motifs is 3. The molecule has 3 fully saturated rings. The predicted octanol–water partition coefficient (Wildman–Crippen LogP) is 3.21. The molecule has 1 N–H and O–H groups in total. The molecule has 0 radical (unpaired) electrons. The molecule has 2 amide bonds. The Labute approximate surface area is 203 Å². The number of hydrogen-bond acceptors (Lipinski definition) is 6. The van der Waals surface area contributed by atoms with Gasteiger partial charge in [0, 0.05) is 49.2 Å². The molecule has 1 saturated carbocycles. The van der Waals surface area contributed by atoms with Crippen molar-refractivity contribution in [3.63, 3.8) is 0 Å². The number of carbonyl (C=O) groups is 2. The first-order valence-electron chi connectivity index (χ1n) is 12.3. The molecule has 2 aliphatic heterocycles. The van der Waals surface area contributed by atoms with E-state index in [1.54, 1.807) is 17.6 Å². The second-order valence-electron chi connectivity index (χ2n) is 9.88. The number of aryl methyl sites for hydroxylation is 1. The van der Waals surface area contributed by atoms with E-state index in [4.69, 9.17) is 9.47 Å². The van der Waals surface area contributed by atoms with Gasteiger partial charge in [-0.05, 0) is 43.5 Å². The highest BCUT2D eigenvalue weighted by atomic mass is 16.5. The molecule has 9 nitrogen and oxygen atoms in total. The van der Waals surface area contributed by atoms with E-state index in [-0.39, 0.29) is 35.9 Å². The van der Waals surface area contributed by atoms with Gasteiger partial charge in [-0.25, -0.2) is 4.52 Å². The number of hydrogen-bond donors (Lipinski definition) is 1. The fourth-order valence-corrected chi connectivity index (χ4v) is 5.32. The van der Waals surface area contributed by atoms with Gasteiger partial charge in [0.1, 0.15) is 11.9 Å². The Hall–Kier alpha value is -3.46. The first kappa shape index (κ1) is 22.0. The Morgan fingerprint density at radius 1 is 1.14 bits per heavy atom. The molecular weight excluding hydrogens is 446 g/mol. The van der Waals surface area contributed by atoms with E-state index in [1.807, 2.05) is 42.3 Å². The molecule has 3 atom stereocenters. The van der Waals surface area contributed by atoms with Crippen LogP contribution < -0.4 is 10.1 Å². The summed E-state index contributed by atoms with van der Waals surface area (Å²) in [5.74, 6) is 1.55. The number of nitrogens with zero attached hydrogens (tertiary/aromatic N) is 4. The molecule has 182 valence electrons. The summed E-state index contributed by atoms with van der Waals surface area (Å²) >= 11 is 0. The molecule has 6 rings (SSSR count). The summed E-state index contributed by atoms with van der Waals surface area (Å²) in [6.45, 7) is 4.69. The van der Waals surface area contributed by atoms with Crippen LogP contribution in [0.3, 0.4) is 0 Å².